The van der Waals surface area contributed by atoms with E-state index in [-0.39, 0.29) is 12.0 Å². The molecule has 0 spiro atoms. The van der Waals surface area contributed by atoms with E-state index in [0.717, 1.165) is 29.8 Å². The maximum atomic E-state index is 12.7. The third-order valence-electron chi connectivity index (χ3n) is 4.95. The zero-order valence-electron chi connectivity index (χ0n) is 17.4. The molecule has 1 aliphatic heterocycles. The lowest BCUT2D eigenvalue weighted by atomic mass is 9.94. The van der Waals surface area contributed by atoms with Gasteiger partial charge < -0.3 is 20.6 Å². The van der Waals surface area contributed by atoms with E-state index in [9.17, 15) is 9.90 Å². The van der Waals surface area contributed by atoms with E-state index in [1.165, 1.54) is 17.5 Å². The second-order valence-electron chi connectivity index (χ2n) is 7.59. The molecular weight excluding hydrogens is 435 g/mol. The van der Waals surface area contributed by atoms with Crippen molar-refractivity contribution >= 4 is 64.6 Å². The molecule has 1 aliphatic rings. The normalized spacial score (nSPS) is 15.9. The van der Waals surface area contributed by atoms with Crippen molar-refractivity contribution in [2.45, 2.75) is 26.4 Å². The van der Waals surface area contributed by atoms with Gasteiger partial charge in [0.25, 0.3) is 5.91 Å². The van der Waals surface area contributed by atoms with Gasteiger partial charge in [0.2, 0.25) is 0 Å². The van der Waals surface area contributed by atoms with Gasteiger partial charge >= 0.3 is 0 Å². The van der Waals surface area contributed by atoms with E-state index in [0.29, 0.717) is 38.9 Å². The van der Waals surface area contributed by atoms with Crippen LogP contribution in [0.2, 0.25) is 5.02 Å². The number of aryl methyl sites for hydroxylation is 2. The summed E-state index contributed by atoms with van der Waals surface area (Å²) >= 11 is 7.52. The molecule has 1 aromatic carbocycles. The zero-order valence-corrected chi connectivity index (χ0v) is 19.0. The quantitative estimate of drug-likeness (QED) is 0.505. The van der Waals surface area contributed by atoms with Crippen LogP contribution in [-0.4, -0.2) is 53.0 Å². The van der Waals surface area contributed by atoms with Crippen molar-refractivity contribution in [1.29, 1.82) is 0 Å². The summed E-state index contributed by atoms with van der Waals surface area (Å²) in [7, 11) is 1.96. The molecule has 4 rings (SSSR count). The SMILES string of the molecule is Bc1cc(C)c(NC(=O)c2cnc(Nc3cc(N4CC[C@@H](O)C4)nc(C)n3)s2)c(Cl)c1. The smallest absolute Gasteiger partial charge is 0.267 e. The second-order valence-corrected chi connectivity index (χ2v) is 9.03. The minimum Gasteiger partial charge on any atom is -0.391 e. The van der Waals surface area contributed by atoms with Gasteiger partial charge in [0.05, 0.1) is 23.0 Å². The molecule has 11 heteroatoms. The molecule has 0 saturated carbocycles. The maximum absolute atomic E-state index is 12.7. The fourth-order valence-electron chi connectivity index (χ4n) is 3.52. The van der Waals surface area contributed by atoms with Crippen LogP contribution >= 0.6 is 22.9 Å². The van der Waals surface area contributed by atoms with E-state index in [2.05, 4.69) is 25.6 Å². The lowest BCUT2D eigenvalue weighted by Gasteiger charge is -2.17. The van der Waals surface area contributed by atoms with Gasteiger partial charge in [-0.3, -0.25) is 4.79 Å². The number of halogens is 1. The highest BCUT2D eigenvalue weighted by Crippen LogP contribution is 2.28. The molecule has 0 aliphatic carbocycles. The second kappa shape index (κ2) is 8.82. The molecule has 3 aromatic rings. The van der Waals surface area contributed by atoms with Crippen LogP contribution in [0.25, 0.3) is 0 Å². The first kappa shape index (κ1) is 21.5. The molecule has 2 aromatic heterocycles. The number of hydrogen-bond donors (Lipinski definition) is 3. The number of carbonyl (C=O) groups excluding carboxylic acids is 1. The highest BCUT2D eigenvalue weighted by Gasteiger charge is 2.22. The summed E-state index contributed by atoms with van der Waals surface area (Å²) in [6, 6.07) is 5.61. The number of amides is 1. The van der Waals surface area contributed by atoms with Gasteiger partial charge in [0, 0.05) is 19.2 Å². The standard InChI is InChI=1S/C20H22BClN6O2S/c1-10-5-12(21)6-14(22)18(10)27-19(30)15-8-23-20(31-15)26-16-7-17(25-11(2)24-16)28-4-3-13(29)9-28/h5-8,13,29H,3-4,9,21H2,1-2H3,(H,27,30)(H,23,24,25,26)/t13-/m1/s1. The Morgan fingerprint density at radius 1 is 1.32 bits per heavy atom. The number of hydrogen-bond acceptors (Lipinski definition) is 8. The van der Waals surface area contributed by atoms with E-state index in [1.54, 1.807) is 0 Å². The Balaban J connectivity index is 1.48. The number of aliphatic hydroxyl groups is 1. The molecule has 160 valence electrons. The van der Waals surface area contributed by atoms with Crippen LogP contribution in [0.15, 0.2) is 24.4 Å². The van der Waals surface area contributed by atoms with Crippen LogP contribution in [0.3, 0.4) is 0 Å². The number of β-amino-alcohol motifs (C(OH)–C–C–N with tert-alkyl or cyclic N) is 1. The minimum atomic E-state index is -0.336. The van der Waals surface area contributed by atoms with Crippen molar-refractivity contribution in [2.24, 2.45) is 0 Å². The molecular formula is C20H22BClN6O2S. The fraction of sp³-hybridized carbons (Fsp3) is 0.300. The Kier molecular flexibility index (Phi) is 6.13. The third-order valence-corrected chi connectivity index (χ3v) is 6.16. The monoisotopic (exact) mass is 456 g/mol. The first-order valence-electron chi connectivity index (χ1n) is 9.88. The molecule has 0 radical (unpaired) electrons. The zero-order chi connectivity index (χ0) is 22.1. The van der Waals surface area contributed by atoms with Crippen LogP contribution in [0.4, 0.5) is 22.5 Å². The van der Waals surface area contributed by atoms with Gasteiger partial charge in [-0.2, -0.15) is 0 Å². The highest BCUT2D eigenvalue weighted by atomic mass is 35.5. The number of nitrogens with zero attached hydrogens (tertiary/aromatic N) is 4. The van der Waals surface area contributed by atoms with E-state index in [4.69, 9.17) is 11.6 Å². The molecule has 0 bridgehead atoms. The summed E-state index contributed by atoms with van der Waals surface area (Å²) < 4.78 is 0. The highest BCUT2D eigenvalue weighted by molar-refractivity contribution is 7.17. The molecule has 3 heterocycles. The largest absolute Gasteiger partial charge is 0.391 e. The third kappa shape index (κ3) is 4.98. The Bertz CT molecular complexity index is 1120. The van der Waals surface area contributed by atoms with Crippen LogP contribution in [0.5, 0.6) is 0 Å². The molecule has 8 nitrogen and oxygen atoms in total. The molecule has 1 atom stereocenters. The minimum absolute atomic E-state index is 0.273. The van der Waals surface area contributed by atoms with Crippen LogP contribution < -0.4 is 21.0 Å². The summed E-state index contributed by atoms with van der Waals surface area (Å²) in [5.74, 6) is 1.68. The van der Waals surface area contributed by atoms with Gasteiger partial charge in [-0.1, -0.05) is 34.5 Å². The number of nitrogens with one attached hydrogen (secondary N) is 2. The van der Waals surface area contributed by atoms with Gasteiger partial charge in [-0.15, -0.1) is 0 Å². The molecule has 1 fully saturated rings. The van der Waals surface area contributed by atoms with Crippen molar-refractivity contribution in [3.05, 3.63) is 45.7 Å². The average molecular weight is 457 g/mol. The van der Waals surface area contributed by atoms with Crippen molar-refractivity contribution in [3.63, 3.8) is 0 Å². The van der Waals surface area contributed by atoms with Gasteiger partial charge in [-0.25, -0.2) is 15.0 Å². The first-order valence-corrected chi connectivity index (χ1v) is 11.1. The number of anilines is 4. The summed E-state index contributed by atoms with van der Waals surface area (Å²) in [5, 5.41) is 16.9. The van der Waals surface area contributed by atoms with Crippen molar-refractivity contribution in [3.8, 4) is 0 Å². The van der Waals surface area contributed by atoms with Crippen molar-refractivity contribution in [1.82, 2.24) is 15.0 Å². The van der Waals surface area contributed by atoms with E-state index in [1.807, 2.05) is 44.8 Å². The number of rotatable bonds is 5. The summed E-state index contributed by atoms with van der Waals surface area (Å²) in [6.07, 6.45) is 1.91. The van der Waals surface area contributed by atoms with E-state index >= 15 is 0 Å². The van der Waals surface area contributed by atoms with Crippen LogP contribution in [-0.2, 0) is 0 Å². The average Bonchev–Trinajstić information content (AvgIpc) is 3.33. The predicted molar refractivity (Wildman–Crippen MR) is 127 cm³/mol. The molecule has 0 unspecified atom stereocenters. The lowest BCUT2D eigenvalue weighted by Crippen LogP contribution is -2.22. The van der Waals surface area contributed by atoms with Crippen LogP contribution in [0, 0.1) is 13.8 Å². The molecule has 1 amide bonds. The summed E-state index contributed by atoms with van der Waals surface area (Å²) in [6.45, 7) is 5.02. The Hall–Kier alpha value is -2.69. The molecule has 1 saturated heterocycles. The van der Waals surface area contributed by atoms with Gasteiger partial charge in [0.15, 0.2) is 5.13 Å². The topological polar surface area (TPSA) is 103 Å². The Morgan fingerprint density at radius 3 is 2.84 bits per heavy atom. The summed E-state index contributed by atoms with van der Waals surface area (Å²) in [4.78, 5) is 28.4. The summed E-state index contributed by atoms with van der Waals surface area (Å²) in [5.41, 5.74) is 2.54. The van der Waals surface area contributed by atoms with Gasteiger partial charge in [-0.05, 0) is 31.9 Å². The Labute approximate surface area is 190 Å². The maximum Gasteiger partial charge on any atom is 0.267 e. The predicted octanol–water partition coefficient (Wildman–Crippen LogP) is 2.03. The van der Waals surface area contributed by atoms with E-state index < -0.39 is 0 Å². The number of thiazole rings is 1. The molecule has 31 heavy (non-hydrogen) atoms. The number of aromatic nitrogens is 3. The number of carbonyl (C=O) groups is 1. The molecule has 3 N–H and O–H groups in total. The van der Waals surface area contributed by atoms with Crippen molar-refractivity contribution in [2.75, 3.05) is 28.6 Å². The fourth-order valence-corrected chi connectivity index (χ4v) is 4.61. The van der Waals surface area contributed by atoms with Crippen molar-refractivity contribution < 1.29 is 9.90 Å². The lowest BCUT2D eigenvalue weighted by molar-refractivity contribution is 0.103. The van der Waals surface area contributed by atoms with Gasteiger partial charge in [0.1, 0.15) is 30.2 Å². The first-order chi connectivity index (χ1) is 14.8. The van der Waals surface area contributed by atoms with Crippen LogP contribution in [0.1, 0.15) is 27.5 Å². The number of aliphatic hydroxyl groups excluding tert-OH is 1. The number of benzene rings is 1. The Morgan fingerprint density at radius 2 is 2.13 bits per heavy atom.